The van der Waals surface area contributed by atoms with Gasteiger partial charge in [0.2, 0.25) is 0 Å². The normalized spacial score (nSPS) is 50.6. The molecule has 26 heavy (non-hydrogen) atoms. The predicted molar refractivity (Wildman–Crippen MR) is 94.2 cm³/mol. The van der Waals surface area contributed by atoms with E-state index < -0.39 is 22.0 Å². The molecule has 0 unspecified atom stereocenters. The van der Waals surface area contributed by atoms with Crippen molar-refractivity contribution in [2.45, 2.75) is 76.9 Å². The molecule has 3 fully saturated rings. The number of hydrogen-bond donors (Lipinski definition) is 2. The van der Waals surface area contributed by atoms with Gasteiger partial charge in [-0.15, -0.1) is 0 Å². The topological polar surface area (TPSA) is 91.7 Å². The fraction of sp³-hybridized carbons (Fsp3) is 0.762. The molecule has 6 atom stereocenters. The van der Waals surface area contributed by atoms with Gasteiger partial charge in [0.05, 0.1) is 5.60 Å². The second kappa shape index (κ2) is 5.14. The van der Waals surface area contributed by atoms with Gasteiger partial charge in [-0.3, -0.25) is 14.4 Å². The van der Waals surface area contributed by atoms with E-state index in [1.165, 1.54) is 6.92 Å². The van der Waals surface area contributed by atoms with E-state index >= 15 is 0 Å². The summed E-state index contributed by atoms with van der Waals surface area (Å²) in [6.07, 6.45) is 4.63. The molecule has 0 bridgehead atoms. The molecule has 4 aliphatic carbocycles. The summed E-state index contributed by atoms with van der Waals surface area (Å²) in [5.74, 6) is -0.853. The molecule has 0 spiro atoms. The quantitative estimate of drug-likeness (QED) is 0.747. The first-order chi connectivity index (χ1) is 12.0. The Morgan fingerprint density at radius 1 is 1.12 bits per heavy atom. The molecule has 0 aromatic rings. The maximum absolute atomic E-state index is 13.3. The fourth-order valence-corrected chi connectivity index (χ4v) is 6.90. The molecular weight excluding hydrogens is 332 g/mol. The number of ketones is 3. The molecule has 5 nitrogen and oxygen atoms in total. The third kappa shape index (κ3) is 1.86. The first-order valence-electron chi connectivity index (χ1n) is 9.72. The first kappa shape index (κ1) is 18.1. The summed E-state index contributed by atoms with van der Waals surface area (Å²) in [4.78, 5) is 37.4. The molecule has 0 aliphatic heterocycles. The van der Waals surface area contributed by atoms with Crippen LogP contribution >= 0.6 is 0 Å². The van der Waals surface area contributed by atoms with Crippen molar-refractivity contribution in [3.8, 4) is 0 Å². The van der Waals surface area contributed by atoms with Crippen LogP contribution in [0, 0.1) is 22.7 Å². The van der Waals surface area contributed by atoms with E-state index in [2.05, 4.69) is 6.92 Å². The van der Waals surface area contributed by atoms with E-state index in [0.717, 1.165) is 5.57 Å². The van der Waals surface area contributed by atoms with E-state index in [9.17, 15) is 24.6 Å². The molecule has 0 aromatic carbocycles. The Bertz CT molecular complexity index is 754. The zero-order valence-electron chi connectivity index (χ0n) is 15.8. The lowest BCUT2D eigenvalue weighted by Crippen LogP contribution is -2.68. The van der Waals surface area contributed by atoms with Gasteiger partial charge in [-0.25, -0.2) is 0 Å². The van der Waals surface area contributed by atoms with Gasteiger partial charge in [-0.1, -0.05) is 19.4 Å². The second-order valence-electron chi connectivity index (χ2n) is 9.49. The lowest BCUT2D eigenvalue weighted by molar-refractivity contribution is -0.212. The maximum Gasteiger partial charge on any atom is 0.161 e. The van der Waals surface area contributed by atoms with Gasteiger partial charge < -0.3 is 10.2 Å². The number of carbonyl (C=O) groups excluding carboxylic acids is 3. The van der Waals surface area contributed by atoms with Gasteiger partial charge in [-0.2, -0.15) is 0 Å². The van der Waals surface area contributed by atoms with E-state index in [1.54, 1.807) is 13.0 Å². The Kier molecular flexibility index (Phi) is 3.57. The monoisotopic (exact) mass is 360 g/mol. The maximum atomic E-state index is 13.3. The Morgan fingerprint density at radius 3 is 2.46 bits per heavy atom. The van der Waals surface area contributed by atoms with Crippen LogP contribution in [0.5, 0.6) is 0 Å². The van der Waals surface area contributed by atoms with E-state index in [0.29, 0.717) is 32.1 Å². The summed E-state index contributed by atoms with van der Waals surface area (Å²) in [5.41, 5.74) is -3.40. The number of Topliss-reactive ketones (excluding diaryl/α,β-unsaturated/α-hetero) is 2. The summed E-state index contributed by atoms with van der Waals surface area (Å²) in [7, 11) is 0. The summed E-state index contributed by atoms with van der Waals surface area (Å²) < 4.78 is 0. The van der Waals surface area contributed by atoms with Crippen molar-refractivity contribution < 1.29 is 24.6 Å². The fourth-order valence-electron chi connectivity index (χ4n) is 6.90. The van der Waals surface area contributed by atoms with Crippen LogP contribution in [0.4, 0.5) is 0 Å². The minimum absolute atomic E-state index is 0.0115. The van der Waals surface area contributed by atoms with Crippen LogP contribution in [0.3, 0.4) is 0 Å². The van der Waals surface area contributed by atoms with Gasteiger partial charge in [0, 0.05) is 24.2 Å². The molecule has 5 heteroatoms. The number of rotatable bonds is 1. The molecule has 3 saturated carbocycles. The Labute approximate surface area is 153 Å². The molecule has 4 rings (SSSR count). The minimum Gasteiger partial charge on any atom is -0.389 e. The third-order valence-electron chi connectivity index (χ3n) is 8.58. The van der Waals surface area contributed by atoms with Gasteiger partial charge in [0.25, 0.3) is 0 Å². The zero-order chi connectivity index (χ0) is 19.1. The minimum atomic E-state index is -1.65. The smallest absolute Gasteiger partial charge is 0.161 e. The molecule has 4 aliphatic rings. The van der Waals surface area contributed by atoms with Crippen molar-refractivity contribution in [2.24, 2.45) is 22.7 Å². The van der Waals surface area contributed by atoms with Crippen molar-refractivity contribution in [3.63, 3.8) is 0 Å². The average Bonchev–Trinajstić information content (AvgIpc) is 2.77. The van der Waals surface area contributed by atoms with E-state index in [4.69, 9.17) is 0 Å². The van der Waals surface area contributed by atoms with Crippen LogP contribution in [0.1, 0.15) is 65.7 Å². The van der Waals surface area contributed by atoms with Crippen molar-refractivity contribution in [3.05, 3.63) is 11.6 Å². The summed E-state index contributed by atoms with van der Waals surface area (Å²) in [5, 5.41) is 22.9. The molecule has 0 amide bonds. The van der Waals surface area contributed by atoms with Crippen molar-refractivity contribution in [1.82, 2.24) is 0 Å². The Hall–Kier alpha value is -1.33. The third-order valence-corrected chi connectivity index (χ3v) is 8.58. The van der Waals surface area contributed by atoms with Crippen LogP contribution in [0.2, 0.25) is 0 Å². The molecule has 142 valence electrons. The molecule has 0 radical (unpaired) electrons. The number of allylic oxidation sites excluding steroid dienone is 1. The molecule has 2 N–H and O–H groups in total. The standard InChI is InChI=1S/C21H28O5/c1-12(22)20(25)8-9-21(26)15-5-4-13-10-14(23)6-7-18(13,2)17(15)16(24)11-19(20,21)3/h10,15,17,25-26H,4-9,11H2,1-3H3/t15-,17-,18+,19-,20+,21-/m1/s1. The number of fused-ring (bicyclic) bond motifs is 5. The predicted octanol–water partition coefficient (Wildman–Crippen LogP) is 2.13. The van der Waals surface area contributed by atoms with Crippen LogP contribution in [0.25, 0.3) is 0 Å². The SMILES string of the molecule is CC(=O)[C@@]1(O)CC[C@@]2(O)[C@@H]3CCC4=CC(=O)CC[C@]4(C)[C@H]3C(=O)C[C@@]21C. The molecule has 0 saturated heterocycles. The first-order valence-corrected chi connectivity index (χ1v) is 9.72. The summed E-state index contributed by atoms with van der Waals surface area (Å²) >= 11 is 0. The van der Waals surface area contributed by atoms with E-state index in [1.807, 2.05) is 0 Å². The molecule has 0 heterocycles. The molecular formula is C21H28O5. The van der Waals surface area contributed by atoms with Crippen molar-refractivity contribution >= 4 is 17.3 Å². The lowest BCUT2D eigenvalue weighted by Gasteiger charge is -2.61. The zero-order valence-corrected chi connectivity index (χ0v) is 15.8. The van der Waals surface area contributed by atoms with Gasteiger partial charge in [0.1, 0.15) is 11.4 Å². The van der Waals surface area contributed by atoms with Crippen LogP contribution < -0.4 is 0 Å². The highest BCUT2D eigenvalue weighted by molar-refractivity contribution is 5.94. The number of hydrogen-bond acceptors (Lipinski definition) is 5. The highest BCUT2D eigenvalue weighted by atomic mass is 16.3. The van der Waals surface area contributed by atoms with Gasteiger partial charge >= 0.3 is 0 Å². The van der Waals surface area contributed by atoms with Crippen molar-refractivity contribution in [2.75, 3.05) is 0 Å². The van der Waals surface area contributed by atoms with Crippen LogP contribution in [0.15, 0.2) is 11.6 Å². The Balaban J connectivity index is 1.83. The van der Waals surface area contributed by atoms with Gasteiger partial charge in [-0.05, 0) is 56.4 Å². The lowest BCUT2D eigenvalue weighted by atomic mass is 9.44. The highest BCUT2D eigenvalue weighted by Crippen LogP contribution is 2.68. The number of aliphatic hydroxyl groups is 2. The summed E-state index contributed by atoms with van der Waals surface area (Å²) in [6.45, 7) is 5.12. The second-order valence-corrected chi connectivity index (χ2v) is 9.49. The highest BCUT2D eigenvalue weighted by Gasteiger charge is 2.74. The van der Waals surface area contributed by atoms with E-state index in [-0.39, 0.29) is 42.0 Å². The number of carbonyl (C=O) groups is 3. The largest absolute Gasteiger partial charge is 0.389 e. The molecule has 0 aromatic heterocycles. The van der Waals surface area contributed by atoms with Gasteiger partial charge in [0.15, 0.2) is 11.6 Å². The van der Waals surface area contributed by atoms with Crippen molar-refractivity contribution in [1.29, 1.82) is 0 Å². The summed E-state index contributed by atoms with van der Waals surface area (Å²) in [6, 6.07) is 0. The Morgan fingerprint density at radius 2 is 1.81 bits per heavy atom. The van der Waals surface area contributed by atoms with Crippen LogP contribution in [-0.4, -0.2) is 38.8 Å². The van der Waals surface area contributed by atoms with Crippen LogP contribution in [-0.2, 0) is 14.4 Å². The average molecular weight is 360 g/mol.